The van der Waals surface area contributed by atoms with Crippen molar-refractivity contribution in [3.8, 4) is 5.75 Å². The molecular formula is C18H22FN3O2. The Labute approximate surface area is 140 Å². The summed E-state index contributed by atoms with van der Waals surface area (Å²) in [7, 11) is 0. The highest BCUT2D eigenvalue weighted by atomic mass is 19.1. The molecule has 0 saturated carbocycles. The third-order valence-electron chi connectivity index (χ3n) is 4.60. The van der Waals surface area contributed by atoms with Crippen LogP contribution in [-0.2, 0) is 17.8 Å². The number of phenols is 1. The highest BCUT2D eigenvalue weighted by molar-refractivity contribution is 5.79. The highest BCUT2D eigenvalue weighted by Crippen LogP contribution is 2.26. The van der Waals surface area contributed by atoms with Crippen LogP contribution in [0.15, 0.2) is 30.6 Å². The maximum atomic E-state index is 13.4. The Morgan fingerprint density at radius 2 is 2.29 bits per heavy atom. The first-order valence-electron chi connectivity index (χ1n) is 8.34. The number of halogens is 1. The predicted molar refractivity (Wildman–Crippen MR) is 88.2 cm³/mol. The molecule has 2 aromatic rings. The van der Waals surface area contributed by atoms with Gasteiger partial charge in [-0.05, 0) is 37.5 Å². The minimum absolute atomic E-state index is 0.0144. The van der Waals surface area contributed by atoms with Crippen molar-refractivity contribution in [2.45, 2.75) is 38.6 Å². The summed E-state index contributed by atoms with van der Waals surface area (Å²) in [5.41, 5.74) is 0.576. The number of hydrogen-bond acceptors (Lipinski definition) is 3. The first-order chi connectivity index (χ1) is 11.6. The lowest BCUT2D eigenvalue weighted by Crippen LogP contribution is -2.40. The average molecular weight is 331 g/mol. The number of aromatic hydroxyl groups is 1. The van der Waals surface area contributed by atoms with Crippen LogP contribution in [0.1, 0.15) is 37.1 Å². The molecule has 1 saturated heterocycles. The van der Waals surface area contributed by atoms with Crippen molar-refractivity contribution in [3.63, 3.8) is 0 Å². The Morgan fingerprint density at radius 1 is 1.46 bits per heavy atom. The smallest absolute Gasteiger partial charge is 0.227 e. The van der Waals surface area contributed by atoms with Crippen molar-refractivity contribution in [1.29, 1.82) is 0 Å². The third kappa shape index (κ3) is 3.42. The molecule has 0 spiro atoms. The summed E-state index contributed by atoms with van der Waals surface area (Å²) in [6, 6.07) is 4.09. The summed E-state index contributed by atoms with van der Waals surface area (Å²) in [6.45, 7) is 4.32. The Morgan fingerprint density at radius 3 is 3.04 bits per heavy atom. The number of imidazole rings is 1. The lowest BCUT2D eigenvalue weighted by atomic mass is 9.96. The molecule has 1 aromatic heterocycles. The zero-order valence-electron chi connectivity index (χ0n) is 13.8. The fraction of sp³-hybridized carbons (Fsp3) is 0.444. The van der Waals surface area contributed by atoms with Gasteiger partial charge in [-0.3, -0.25) is 4.79 Å². The van der Waals surface area contributed by atoms with Gasteiger partial charge in [-0.25, -0.2) is 9.37 Å². The van der Waals surface area contributed by atoms with Gasteiger partial charge >= 0.3 is 0 Å². The fourth-order valence-corrected chi connectivity index (χ4v) is 3.31. The lowest BCUT2D eigenvalue weighted by Gasteiger charge is -2.32. The van der Waals surface area contributed by atoms with Crippen LogP contribution in [0.4, 0.5) is 4.39 Å². The van der Waals surface area contributed by atoms with Gasteiger partial charge in [0.1, 0.15) is 5.82 Å². The number of hydrogen-bond donors (Lipinski definition) is 1. The van der Waals surface area contributed by atoms with Crippen LogP contribution in [0.3, 0.4) is 0 Å². The molecule has 1 fully saturated rings. The van der Waals surface area contributed by atoms with Gasteiger partial charge in [-0.15, -0.1) is 0 Å². The van der Waals surface area contributed by atoms with Crippen molar-refractivity contribution in [1.82, 2.24) is 14.5 Å². The normalized spacial score (nSPS) is 17.9. The molecule has 0 bridgehead atoms. The van der Waals surface area contributed by atoms with E-state index >= 15 is 0 Å². The zero-order chi connectivity index (χ0) is 17.1. The van der Waals surface area contributed by atoms with Crippen molar-refractivity contribution in [2.24, 2.45) is 0 Å². The van der Waals surface area contributed by atoms with Crippen molar-refractivity contribution < 1.29 is 14.3 Å². The summed E-state index contributed by atoms with van der Waals surface area (Å²) < 4.78 is 15.5. The molecule has 1 aliphatic rings. The van der Waals surface area contributed by atoms with Gasteiger partial charge in [-0.1, -0.05) is 6.07 Å². The maximum Gasteiger partial charge on any atom is 0.227 e. The summed E-state index contributed by atoms with van der Waals surface area (Å²) in [5.74, 6) is 0.178. The maximum absolute atomic E-state index is 13.4. The van der Waals surface area contributed by atoms with E-state index in [1.54, 1.807) is 12.3 Å². The lowest BCUT2D eigenvalue weighted by molar-refractivity contribution is -0.131. The quantitative estimate of drug-likeness (QED) is 0.937. The van der Waals surface area contributed by atoms with Gasteiger partial charge in [0.25, 0.3) is 0 Å². The van der Waals surface area contributed by atoms with Crippen LogP contribution in [0.25, 0.3) is 0 Å². The number of likely N-dealkylation sites (tertiary alicyclic amines) is 1. The topological polar surface area (TPSA) is 58.4 Å². The number of nitrogens with zero attached hydrogens (tertiary/aromatic N) is 3. The highest BCUT2D eigenvalue weighted by Gasteiger charge is 2.27. The first-order valence-corrected chi connectivity index (χ1v) is 8.34. The van der Waals surface area contributed by atoms with E-state index in [2.05, 4.69) is 16.5 Å². The number of amides is 1. The average Bonchev–Trinajstić information content (AvgIpc) is 3.07. The van der Waals surface area contributed by atoms with Crippen LogP contribution in [0.5, 0.6) is 5.75 Å². The van der Waals surface area contributed by atoms with E-state index in [1.807, 2.05) is 11.1 Å². The summed E-state index contributed by atoms with van der Waals surface area (Å²) in [6.07, 6.45) is 5.88. The first kappa shape index (κ1) is 16.5. The summed E-state index contributed by atoms with van der Waals surface area (Å²) >= 11 is 0. The van der Waals surface area contributed by atoms with E-state index in [-0.39, 0.29) is 18.2 Å². The third-order valence-corrected chi connectivity index (χ3v) is 4.60. The Hall–Kier alpha value is -2.37. The van der Waals surface area contributed by atoms with Crippen LogP contribution in [0.2, 0.25) is 0 Å². The SMILES string of the molecule is CCn1ccnc1[C@@H]1CCCN(C(=O)Cc2ccc(O)c(F)c2)C1. The molecular weight excluding hydrogens is 309 g/mol. The van der Waals surface area contributed by atoms with E-state index in [0.29, 0.717) is 12.1 Å². The molecule has 3 rings (SSSR count). The molecule has 1 aromatic carbocycles. The van der Waals surface area contributed by atoms with Crippen molar-refractivity contribution >= 4 is 5.91 Å². The van der Waals surface area contributed by atoms with E-state index in [1.165, 1.54) is 12.1 Å². The minimum atomic E-state index is -0.693. The largest absolute Gasteiger partial charge is 0.505 e. The summed E-state index contributed by atoms with van der Waals surface area (Å²) in [4.78, 5) is 18.8. The number of phenolic OH excluding ortho intramolecular Hbond substituents is 1. The van der Waals surface area contributed by atoms with E-state index in [9.17, 15) is 14.3 Å². The fourth-order valence-electron chi connectivity index (χ4n) is 3.31. The second-order valence-corrected chi connectivity index (χ2v) is 6.21. The molecule has 24 heavy (non-hydrogen) atoms. The number of aryl methyl sites for hydroxylation is 1. The molecule has 0 radical (unpaired) electrons. The van der Waals surface area contributed by atoms with Crippen molar-refractivity contribution in [3.05, 3.63) is 47.8 Å². The number of aromatic nitrogens is 2. The summed E-state index contributed by atoms with van der Waals surface area (Å²) in [5, 5.41) is 9.24. The van der Waals surface area contributed by atoms with Crippen LogP contribution in [-0.4, -0.2) is 38.6 Å². The van der Waals surface area contributed by atoms with Gasteiger partial charge in [0, 0.05) is 37.9 Å². The molecule has 0 aliphatic carbocycles. The molecule has 0 unspecified atom stereocenters. The van der Waals surface area contributed by atoms with Gasteiger partial charge in [0.05, 0.1) is 6.42 Å². The second-order valence-electron chi connectivity index (χ2n) is 6.21. The minimum Gasteiger partial charge on any atom is -0.505 e. The van der Waals surface area contributed by atoms with Gasteiger partial charge < -0.3 is 14.6 Å². The molecule has 1 amide bonds. The Kier molecular flexibility index (Phi) is 4.83. The van der Waals surface area contributed by atoms with Gasteiger partial charge in [0.15, 0.2) is 11.6 Å². The molecule has 128 valence electrons. The monoisotopic (exact) mass is 331 g/mol. The van der Waals surface area contributed by atoms with Gasteiger partial charge in [0.2, 0.25) is 5.91 Å². The standard InChI is InChI=1S/C18H22FN3O2/c1-2-21-9-7-20-18(21)14-4-3-8-22(12-14)17(24)11-13-5-6-16(23)15(19)10-13/h5-7,9-10,14,23H,2-4,8,11-12H2,1H3/t14-/m1/s1. The van der Waals surface area contributed by atoms with E-state index < -0.39 is 11.6 Å². The Balaban J connectivity index is 1.67. The number of piperidine rings is 1. The van der Waals surface area contributed by atoms with Crippen LogP contribution >= 0.6 is 0 Å². The molecule has 1 atom stereocenters. The Bertz CT molecular complexity index is 729. The zero-order valence-corrected chi connectivity index (χ0v) is 13.8. The second kappa shape index (κ2) is 7.03. The molecule has 2 heterocycles. The van der Waals surface area contributed by atoms with Crippen molar-refractivity contribution in [2.75, 3.05) is 13.1 Å². The van der Waals surface area contributed by atoms with E-state index in [0.717, 1.165) is 31.8 Å². The number of benzene rings is 1. The molecule has 5 nitrogen and oxygen atoms in total. The number of carbonyl (C=O) groups excluding carboxylic acids is 1. The predicted octanol–water partition coefficient (Wildman–Crippen LogP) is 2.70. The molecule has 1 aliphatic heterocycles. The van der Waals surface area contributed by atoms with Gasteiger partial charge in [-0.2, -0.15) is 0 Å². The van der Waals surface area contributed by atoms with Crippen LogP contribution < -0.4 is 0 Å². The molecule has 6 heteroatoms. The van der Waals surface area contributed by atoms with Crippen LogP contribution in [0, 0.1) is 5.82 Å². The van der Waals surface area contributed by atoms with E-state index in [4.69, 9.17) is 0 Å². The number of carbonyl (C=O) groups is 1. The molecule has 1 N–H and O–H groups in total. The number of rotatable bonds is 4.